The standard InChI is InChI=1S/C17H23NO5/c1-22-13-8-12(9-14(10-13)23-2)18-15(19)11-17(16(20)21)6-4-3-5-7-17/h8-10H,3-7,11H2,1-2H3,(H,18,19)(H,20,21). The monoisotopic (exact) mass is 321 g/mol. The van der Waals surface area contributed by atoms with Crippen LogP contribution in [0.4, 0.5) is 5.69 Å². The average molecular weight is 321 g/mol. The number of ether oxygens (including phenoxy) is 2. The van der Waals surface area contributed by atoms with E-state index in [2.05, 4.69) is 5.32 Å². The molecule has 0 bridgehead atoms. The molecule has 0 saturated heterocycles. The lowest BCUT2D eigenvalue weighted by molar-refractivity contribution is -0.153. The van der Waals surface area contributed by atoms with Crippen molar-refractivity contribution >= 4 is 17.6 Å². The maximum absolute atomic E-state index is 12.3. The fourth-order valence-corrected chi connectivity index (χ4v) is 3.09. The highest BCUT2D eigenvalue weighted by atomic mass is 16.5. The van der Waals surface area contributed by atoms with Crippen molar-refractivity contribution in [2.45, 2.75) is 38.5 Å². The first kappa shape index (κ1) is 17.1. The average Bonchev–Trinajstić information content (AvgIpc) is 2.54. The summed E-state index contributed by atoms with van der Waals surface area (Å²) in [6, 6.07) is 5.05. The van der Waals surface area contributed by atoms with Crippen LogP contribution < -0.4 is 14.8 Å². The Kier molecular flexibility index (Phi) is 5.47. The molecule has 0 atom stereocenters. The van der Waals surface area contributed by atoms with Gasteiger partial charge in [-0.1, -0.05) is 19.3 Å². The van der Waals surface area contributed by atoms with Gasteiger partial charge >= 0.3 is 5.97 Å². The van der Waals surface area contributed by atoms with Gasteiger partial charge in [-0.2, -0.15) is 0 Å². The third-order valence-electron chi connectivity index (χ3n) is 4.40. The number of aliphatic carboxylic acids is 1. The molecule has 1 aromatic carbocycles. The molecule has 0 radical (unpaired) electrons. The molecule has 0 aromatic heterocycles. The minimum Gasteiger partial charge on any atom is -0.497 e. The third-order valence-corrected chi connectivity index (χ3v) is 4.40. The van der Waals surface area contributed by atoms with Gasteiger partial charge in [-0.25, -0.2) is 0 Å². The summed E-state index contributed by atoms with van der Waals surface area (Å²) in [7, 11) is 3.06. The summed E-state index contributed by atoms with van der Waals surface area (Å²) in [6.45, 7) is 0. The molecule has 6 heteroatoms. The highest BCUT2D eigenvalue weighted by molar-refractivity contribution is 5.94. The Bertz CT molecular complexity index is 556. The minimum atomic E-state index is -0.939. The minimum absolute atomic E-state index is 0.0120. The van der Waals surface area contributed by atoms with Crippen molar-refractivity contribution in [2.24, 2.45) is 5.41 Å². The molecule has 1 aromatic rings. The molecule has 1 aliphatic rings. The van der Waals surface area contributed by atoms with E-state index >= 15 is 0 Å². The van der Waals surface area contributed by atoms with Gasteiger partial charge in [0.15, 0.2) is 0 Å². The second-order valence-electron chi connectivity index (χ2n) is 5.97. The van der Waals surface area contributed by atoms with E-state index in [1.54, 1.807) is 18.2 Å². The van der Waals surface area contributed by atoms with E-state index in [1.165, 1.54) is 14.2 Å². The second kappa shape index (κ2) is 7.35. The molecule has 2 rings (SSSR count). The van der Waals surface area contributed by atoms with Crippen molar-refractivity contribution < 1.29 is 24.2 Å². The van der Waals surface area contributed by atoms with Crippen LogP contribution in [0, 0.1) is 5.41 Å². The van der Waals surface area contributed by atoms with Crippen LogP contribution in [-0.4, -0.2) is 31.2 Å². The Balaban J connectivity index is 2.10. The van der Waals surface area contributed by atoms with Gasteiger partial charge in [0.25, 0.3) is 0 Å². The van der Waals surface area contributed by atoms with Crippen LogP contribution in [0.5, 0.6) is 11.5 Å². The summed E-state index contributed by atoms with van der Waals surface area (Å²) in [5.74, 6) is -0.0595. The number of carboxylic acids is 1. The molecule has 0 heterocycles. The molecule has 2 N–H and O–H groups in total. The van der Waals surface area contributed by atoms with Crippen LogP contribution in [0.2, 0.25) is 0 Å². The van der Waals surface area contributed by atoms with Crippen LogP contribution in [-0.2, 0) is 9.59 Å². The molecule has 1 amide bonds. The first-order valence-electron chi connectivity index (χ1n) is 7.75. The lowest BCUT2D eigenvalue weighted by Gasteiger charge is -2.32. The van der Waals surface area contributed by atoms with Gasteiger partial charge in [0.2, 0.25) is 5.91 Å². The van der Waals surface area contributed by atoms with Crippen molar-refractivity contribution in [1.82, 2.24) is 0 Å². The lowest BCUT2D eigenvalue weighted by Crippen LogP contribution is -2.37. The summed E-state index contributed by atoms with van der Waals surface area (Å²) in [5, 5.41) is 12.3. The molecule has 126 valence electrons. The number of hydrogen-bond acceptors (Lipinski definition) is 4. The number of benzene rings is 1. The summed E-state index contributed by atoms with van der Waals surface area (Å²) in [5.41, 5.74) is -0.409. The quantitative estimate of drug-likeness (QED) is 0.841. The predicted octanol–water partition coefficient (Wildman–Crippen LogP) is 3.07. The first-order chi connectivity index (χ1) is 11.0. The molecule has 1 fully saturated rings. The van der Waals surface area contributed by atoms with Crippen molar-refractivity contribution in [1.29, 1.82) is 0 Å². The van der Waals surface area contributed by atoms with E-state index in [1.807, 2.05) is 0 Å². The van der Waals surface area contributed by atoms with Crippen molar-refractivity contribution in [3.8, 4) is 11.5 Å². The largest absolute Gasteiger partial charge is 0.497 e. The SMILES string of the molecule is COc1cc(NC(=O)CC2(C(=O)O)CCCCC2)cc(OC)c1. The molecule has 0 aliphatic heterocycles. The second-order valence-corrected chi connectivity index (χ2v) is 5.97. The number of hydrogen-bond donors (Lipinski definition) is 2. The van der Waals surface area contributed by atoms with Gasteiger partial charge in [-0.15, -0.1) is 0 Å². The van der Waals surface area contributed by atoms with Crippen LogP contribution in [0.25, 0.3) is 0 Å². The third kappa shape index (κ3) is 4.15. The zero-order valence-electron chi connectivity index (χ0n) is 13.6. The number of carbonyl (C=O) groups is 2. The lowest BCUT2D eigenvalue weighted by atomic mass is 9.71. The Morgan fingerprint density at radius 1 is 1.09 bits per heavy atom. The van der Waals surface area contributed by atoms with Crippen molar-refractivity contribution in [3.05, 3.63) is 18.2 Å². The number of methoxy groups -OCH3 is 2. The number of nitrogens with one attached hydrogen (secondary N) is 1. The Labute approximate surface area is 135 Å². The van der Waals surface area contributed by atoms with Gasteiger partial charge in [0.05, 0.1) is 19.6 Å². The highest BCUT2D eigenvalue weighted by Crippen LogP contribution is 2.40. The normalized spacial score (nSPS) is 16.4. The Morgan fingerprint density at radius 3 is 2.13 bits per heavy atom. The first-order valence-corrected chi connectivity index (χ1v) is 7.75. The Morgan fingerprint density at radius 2 is 1.65 bits per heavy atom. The molecule has 0 spiro atoms. The molecule has 0 unspecified atom stereocenters. The predicted molar refractivity (Wildman–Crippen MR) is 85.9 cm³/mol. The molecular weight excluding hydrogens is 298 g/mol. The highest BCUT2D eigenvalue weighted by Gasteiger charge is 2.41. The topological polar surface area (TPSA) is 84.9 Å². The zero-order valence-corrected chi connectivity index (χ0v) is 13.6. The molecule has 1 aliphatic carbocycles. The molecule has 6 nitrogen and oxygen atoms in total. The van der Waals surface area contributed by atoms with Gasteiger partial charge in [-0.05, 0) is 12.8 Å². The van der Waals surface area contributed by atoms with Crippen LogP contribution in [0.3, 0.4) is 0 Å². The van der Waals surface area contributed by atoms with Crippen LogP contribution in [0.15, 0.2) is 18.2 Å². The zero-order chi connectivity index (χ0) is 16.9. The Hall–Kier alpha value is -2.24. The van der Waals surface area contributed by atoms with E-state index < -0.39 is 11.4 Å². The van der Waals surface area contributed by atoms with Crippen LogP contribution >= 0.6 is 0 Å². The van der Waals surface area contributed by atoms with E-state index in [0.717, 1.165) is 19.3 Å². The number of carbonyl (C=O) groups excluding carboxylic acids is 1. The van der Waals surface area contributed by atoms with E-state index in [9.17, 15) is 14.7 Å². The van der Waals surface area contributed by atoms with Gasteiger partial charge in [0.1, 0.15) is 11.5 Å². The molecular formula is C17H23NO5. The fraction of sp³-hybridized carbons (Fsp3) is 0.529. The maximum atomic E-state index is 12.3. The molecule has 1 saturated carbocycles. The fourth-order valence-electron chi connectivity index (χ4n) is 3.09. The smallest absolute Gasteiger partial charge is 0.310 e. The number of amides is 1. The van der Waals surface area contributed by atoms with Crippen molar-refractivity contribution in [2.75, 3.05) is 19.5 Å². The van der Waals surface area contributed by atoms with Crippen molar-refractivity contribution in [3.63, 3.8) is 0 Å². The maximum Gasteiger partial charge on any atom is 0.310 e. The number of anilines is 1. The van der Waals surface area contributed by atoms with E-state index in [4.69, 9.17) is 9.47 Å². The van der Waals surface area contributed by atoms with Crippen LogP contribution in [0.1, 0.15) is 38.5 Å². The van der Waals surface area contributed by atoms with E-state index in [0.29, 0.717) is 30.0 Å². The van der Waals surface area contributed by atoms with E-state index in [-0.39, 0.29) is 12.3 Å². The number of rotatable bonds is 6. The summed E-state index contributed by atoms with van der Waals surface area (Å²) >= 11 is 0. The number of carboxylic acid groups (broad SMARTS) is 1. The van der Waals surface area contributed by atoms with Gasteiger partial charge < -0.3 is 19.9 Å². The molecule has 23 heavy (non-hydrogen) atoms. The summed E-state index contributed by atoms with van der Waals surface area (Å²) < 4.78 is 10.3. The van der Waals surface area contributed by atoms with Gasteiger partial charge in [-0.3, -0.25) is 9.59 Å². The van der Waals surface area contributed by atoms with Gasteiger partial charge in [0, 0.05) is 30.3 Å². The summed E-state index contributed by atoms with van der Waals surface area (Å²) in [4.78, 5) is 24.0. The summed E-state index contributed by atoms with van der Waals surface area (Å²) in [6.07, 6.45) is 3.83.